The molecular formula is C15H22N2O5S. The first-order chi connectivity index (χ1) is 10.8. The van der Waals surface area contributed by atoms with Crippen LogP contribution in [0.1, 0.15) is 6.92 Å². The number of amides is 1. The van der Waals surface area contributed by atoms with E-state index in [9.17, 15) is 13.2 Å². The summed E-state index contributed by atoms with van der Waals surface area (Å²) in [5.41, 5.74) is 0. The van der Waals surface area contributed by atoms with E-state index < -0.39 is 16.1 Å². The summed E-state index contributed by atoms with van der Waals surface area (Å²) in [5.74, 6) is 0.295. The summed E-state index contributed by atoms with van der Waals surface area (Å²) in [5, 5.41) is 0. The van der Waals surface area contributed by atoms with Crippen LogP contribution in [0.25, 0.3) is 0 Å². The quantitative estimate of drug-likeness (QED) is 0.782. The molecule has 8 heteroatoms. The van der Waals surface area contributed by atoms with Gasteiger partial charge in [0.2, 0.25) is 10.0 Å². The van der Waals surface area contributed by atoms with Gasteiger partial charge in [-0.05, 0) is 31.2 Å². The van der Waals surface area contributed by atoms with Gasteiger partial charge in [0.15, 0.2) is 6.10 Å². The second-order valence-electron chi connectivity index (χ2n) is 5.48. The van der Waals surface area contributed by atoms with Gasteiger partial charge in [-0.1, -0.05) is 0 Å². The SMILES string of the molecule is C[C@H](Oc1ccc(S(=O)(=O)N2CCOCC2)cc1)C(=O)N(C)C. The van der Waals surface area contributed by atoms with Crippen LogP contribution in [0.2, 0.25) is 0 Å². The molecule has 1 aromatic rings. The van der Waals surface area contributed by atoms with Crippen LogP contribution in [0.3, 0.4) is 0 Å². The Kier molecular flexibility index (Phi) is 5.61. The first-order valence-corrected chi connectivity index (χ1v) is 8.82. The summed E-state index contributed by atoms with van der Waals surface area (Å²) in [4.78, 5) is 13.4. The highest BCUT2D eigenvalue weighted by Gasteiger charge is 2.26. The lowest BCUT2D eigenvalue weighted by atomic mass is 10.3. The normalized spacial score (nSPS) is 17.5. The number of morpholine rings is 1. The molecule has 1 aromatic carbocycles. The summed E-state index contributed by atoms with van der Waals surface area (Å²) < 4.78 is 37.1. The molecule has 0 aliphatic carbocycles. The Morgan fingerprint density at radius 2 is 1.78 bits per heavy atom. The molecule has 2 rings (SSSR count). The molecule has 0 spiro atoms. The van der Waals surface area contributed by atoms with Crippen LogP contribution in [0.5, 0.6) is 5.75 Å². The van der Waals surface area contributed by atoms with Crippen molar-refractivity contribution in [3.05, 3.63) is 24.3 Å². The third-order valence-corrected chi connectivity index (χ3v) is 5.45. The van der Waals surface area contributed by atoms with Gasteiger partial charge in [0.1, 0.15) is 5.75 Å². The van der Waals surface area contributed by atoms with Crippen molar-refractivity contribution in [1.82, 2.24) is 9.21 Å². The molecule has 0 saturated carbocycles. The topological polar surface area (TPSA) is 76.1 Å². The highest BCUT2D eigenvalue weighted by Crippen LogP contribution is 2.21. The molecule has 0 aromatic heterocycles. The van der Waals surface area contributed by atoms with E-state index in [1.807, 2.05) is 0 Å². The van der Waals surface area contributed by atoms with Crippen LogP contribution in [0.15, 0.2) is 29.2 Å². The number of carbonyl (C=O) groups is 1. The Labute approximate surface area is 136 Å². The smallest absolute Gasteiger partial charge is 0.262 e. The van der Waals surface area contributed by atoms with Crippen molar-refractivity contribution >= 4 is 15.9 Å². The van der Waals surface area contributed by atoms with E-state index in [1.165, 1.54) is 21.3 Å². The summed E-state index contributed by atoms with van der Waals surface area (Å²) in [6.07, 6.45) is -0.633. The van der Waals surface area contributed by atoms with Crippen molar-refractivity contribution in [2.45, 2.75) is 17.9 Å². The van der Waals surface area contributed by atoms with Crippen molar-refractivity contribution < 1.29 is 22.7 Å². The fraction of sp³-hybridized carbons (Fsp3) is 0.533. The predicted octanol–water partition coefficient (Wildman–Crippen LogP) is 0.563. The monoisotopic (exact) mass is 342 g/mol. The molecule has 23 heavy (non-hydrogen) atoms. The number of hydrogen-bond donors (Lipinski definition) is 0. The second kappa shape index (κ2) is 7.29. The van der Waals surface area contributed by atoms with Gasteiger partial charge < -0.3 is 14.4 Å². The highest BCUT2D eigenvalue weighted by molar-refractivity contribution is 7.89. The number of carbonyl (C=O) groups excluding carboxylic acids is 1. The van der Waals surface area contributed by atoms with Crippen LogP contribution in [-0.2, 0) is 19.6 Å². The lowest BCUT2D eigenvalue weighted by Gasteiger charge is -2.26. The van der Waals surface area contributed by atoms with E-state index in [1.54, 1.807) is 33.2 Å². The van der Waals surface area contributed by atoms with Gasteiger partial charge in [0.25, 0.3) is 5.91 Å². The van der Waals surface area contributed by atoms with Gasteiger partial charge in [0.05, 0.1) is 18.1 Å². The molecule has 1 fully saturated rings. The fourth-order valence-corrected chi connectivity index (χ4v) is 3.65. The minimum absolute atomic E-state index is 0.157. The number of ether oxygens (including phenoxy) is 2. The average Bonchev–Trinajstić information content (AvgIpc) is 2.55. The molecule has 1 atom stereocenters. The van der Waals surface area contributed by atoms with E-state index in [-0.39, 0.29) is 10.8 Å². The molecule has 1 heterocycles. The predicted molar refractivity (Wildman–Crippen MR) is 84.8 cm³/mol. The van der Waals surface area contributed by atoms with Gasteiger partial charge in [-0.15, -0.1) is 0 Å². The Morgan fingerprint density at radius 3 is 2.30 bits per heavy atom. The fourth-order valence-electron chi connectivity index (χ4n) is 2.24. The largest absolute Gasteiger partial charge is 0.481 e. The average molecular weight is 342 g/mol. The summed E-state index contributed by atoms with van der Waals surface area (Å²) in [6, 6.07) is 6.11. The minimum Gasteiger partial charge on any atom is -0.481 e. The zero-order valence-corrected chi connectivity index (χ0v) is 14.4. The second-order valence-corrected chi connectivity index (χ2v) is 7.42. The molecular weight excluding hydrogens is 320 g/mol. The molecule has 1 aliphatic rings. The molecule has 7 nitrogen and oxygen atoms in total. The lowest BCUT2D eigenvalue weighted by Crippen LogP contribution is -2.40. The summed E-state index contributed by atoms with van der Waals surface area (Å²) in [6.45, 7) is 3.18. The third-order valence-electron chi connectivity index (χ3n) is 3.53. The number of likely N-dealkylation sites (N-methyl/N-ethyl adjacent to an activating group) is 1. The van der Waals surface area contributed by atoms with Crippen molar-refractivity contribution in [1.29, 1.82) is 0 Å². The van der Waals surface area contributed by atoms with Crippen LogP contribution < -0.4 is 4.74 Å². The molecule has 128 valence electrons. The number of sulfonamides is 1. The van der Waals surface area contributed by atoms with Gasteiger partial charge >= 0.3 is 0 Å². The Hall–Kier alpha value is -1.64. The maximum atomic E-state index is 12.5. The molecule has 1 amide bonds. The van der Waals surface area contributed by atoms with Crippen molar-refractivity contribution in [3.8, 4) is 5.75 Å². The summed E-state index contributed by atoms with van der Waals surface area (Å²) >= 11 is 0. The van der Waals surface area contributed by atoms with Crippen LogP contribution in [0, 0.1) is 0 Å². The van der Waals surface area contributed by atoms with Crippen molar-refractivity contribution in [2.24, 2.45) is 0 Å². The van der Waals surface area contributed by atoms with E-state index in [0.717, 1.165) is 0 Å². The number of rotatable bonds is 5. The standard InChI is InChI=1S/C15H22N2O5S/c1-12(15(18)16(2)3)22-13-4-6-14(7-5-13)23(19,20)17-8-10-21-11-9-17/h4-7,12H,8-11H2,1-3H3/t12-/m0/s1. The zero-order chi connectivity index (χ0) is 17.0. The molecule has 0 unspecified atom stereocenters. The lowest BCUT2D eigenvalue weighted by molar-refractivity contribution is -0.135. The Balaban J connectivity index is 2.08. The van der Waals surface area contributed by atoms with Gasteiger partial charge in [-0.3, -0.25) is 4.79 Å². The van der Waals surface area contributed by atoms with E-state index in [4.69, 9.17) is 9.47 Å². The molecule has 1 saturated heterocycles. The molecule has 1 aliphatic heterocycles. The molecule has 0 bridgehead atoms. The first-order valence-electron chi connectivity index (χ1n) is 7.38. The van der Waals surface area contributed by atoms with E-state index >= 15 is 0 Å². The van der Waals surface area contributed by atoms with Gasteiger partial charge in [-0.2, -0.15) is 4.31 Å². The van der Waals surface area contributed by atoms with Gasteiger partial charge in [-0.25, -0.2) is 8.42 Å². The zero-order valence-electron chi connectivity index (χ0n) is 13.6. The maximum Gasteiger partial charge on any atom is 0.262 e. The molecule has 0 radical (unpaired) electrons. The van der Waals surface area contributed by atoms with Crippen LogP contribution in [-0.4, -0.2) is 70.0 Å². The third kappa shape index (κ3) is 4.21. The number of nitrogens with zero attached hydrogens (tertiary/aromatic N) is 2. The van der Waals surface area contributed by atoms with Crippen LogP contribution >= 0.6 is 0 Å². The van der Waals surface area contributed by atoms with Crippen molar-refractivity contribution in [2.75, 3.05) is 40.4 Å². The van der Waals surface area contributed by atoms with E-state index in [2.05, 4.69) is 0 Å². The van der Waals surface area contributed by atoms with E-state index in [0.29, 0.717) is 32.1 Å². The highest BCUT2D eigenvalue weighted by atomic mass is 32.2. The number of benzene rings is 1. The van der Waals surface area contributed by atoms with Crippen LogP contribution in [0.4, 0.5) is 0 Å². The van der Waals surface area contributed by atoms with Crippen molar-refractivity contribution in [3.63, 3.8) is 0 Å². The molecule has 0 N–H and O–H groups in total. The number of hydrogen-bond acceptors (Lipinski definition) is 5. The minimum atomic E-state index is -3.51. The first kappa shape index (κ1) is 17.7. The maximum absolute atomic E-state index is 12.5. The Bertz CT molecular complexity index is 636. The summed E-state index contributed by atoms with van der Waals surface area (Å²) in [7, 11) is -0.208. The van der Waals surface area contributed by atoms with Gasteiger partial charge in [0, 0.05) is 27.2 Å². The Morgan fingerprint density at radius 1 is 1.22 bits per heavy atom.